The predicted molar refractivity (Wildman–Crippen MR) is 136 cm³/mol. The highest BCUT2D eigenvalue weighted by Crippen LogP contribution is 2.57. The Morgan fingerprint density at radius 3 is 2.75 bits per heavy atom. The van der Waals surface area contributed by atoms with Gasteiger partial charge in [0.15, 0.2) is 0 Å². The number of aryl methyl sites for hydroxylation is 1. The molecule has 2 aliphatic heterocycles. The lowest BCUT2D eigenvalue weighted by molar-refractivity contribution is -0.122. The molecule has 1 aromatic carbocycles. The molecule has 4 heterocycles. The molecule has 0 radical (unpaired) electrons. The van der Waals surface area contributed by atoms with Crippen molar-refractivity contribution in [3.63, 3.8) is 0 Å². The predicted octanol–water partition coefficient (Wildman–Crippen LogP) is 2.42. The van der Waals surface area contributed by atoms with Crippen LogP contribution in [-0.4, -0.2) is 59.5 Å². The fraction of sp³-hybridized carbons (Fsp3) is 0.400. The molecule has 1 saturated carbocycles. The van der Waals surface area contributed by atoms with E-state index in [0.717, 1.165) is 40.7 Å². The quantitative estimate of drug-likeness (QED) is 0.508. The number of benzene rings is 1. The van der Waals surface area contributed by atoms with E-state index in [4.69, 9.17) is 11.6 Å². The van der Waals surface area contributed by atoms with E-state index < -0.39 is 15.4 Å². The summed E-state index contributed by atoms with van der Waals surface area (Å²) in [6.07, 6.45) is 5.57. The molecule has 9 nitrogen and oxygen atoms in total. The summed E-state index contributed by atoms with van der Waals surface area (Å²) >= 11 is 6.25. The molecule has 1 aliphatic carbocycles. The van der Waals surface area contributed by atoms with Crippen molar-refractivity contribution in [2.24, 2.45) is 0 Å². The molecule has 1 spiro atoms. The van der Waals surface area contributed by atoms with Crippen molar-refractivity contribution in [2.75, 3.05) is 30.3 Å². The van der Waals surface area contributed by atoms with Crippen LogP contribution in [0.5, 0.6) is 0 Å². The maximum atomic E-state index is 13.4. The summed E-state index contributed by atoms with van der Waals surface area (Å²) in [6, 6.07) is 9.58. The van der Waals surface area contributed by atoms with Gasteiger partial charge in [0, 0.05) is 47.5 Å². The van der Waals surface area contributed by atoms with Gasteiger partial charge in [0.1, 0.15) is 0 Å². The van der Waals surface area contributed by atoms with E-state index in [0.29, 0.717) is 31.1 Å². The average Bonchev–Trinajstić information content (AvgIpc) is 3.55. The maximum absolute atomic E-state index is 13.4. The number of amides is 2. The number of hydrogen-bond acceptors (Lipinski definition) is 5. The van der Waals surface area contributed by atoms with Crippen molar-refractivity contribution < 1.29 is 18.0 Å². The molecule has 0 bridgehead atoms. The van der Waals surface area contributed by atoms with E-state index in [9.17, 15) is 18.0 Å². The molecule has 2 aromatic heterocycles. The first kappa shape index (κ1) is 23.4. The standard InChI is InChI=1S/C25H26ClN5O4S/c26-18-2-3-21-17(12-18)13-19(15-31-22-14-27-7-4-20(22)25(5-6-25)24(31)33)30(21)9-1-11-36(34,35)29-10-8-28-23(32)16-29/h2-4,7,12-14H,1,5-6,8-11,15-16H2,(H,28,32). The first-order valence-corrected chi connectivity index (χ1v) is 14.1. The van der Waals surface area contributed by atoms with Crippen LogP contribution in [0.3, 0.4) is 0 Å². The zero-order valence-corrected chi connectivity index (χ0v) is 21.2. The number of sulfonamides is 1. The average molecular weight is 528 g/mol. The van der Waals surface area contributed by atoms with Crippen molar-refractivity contribution >= 4 is 50.0 Å². The summed E-state index contributed by atoms with van der Waals surface area (Å²) in [4.78, 5) is 31.2. The number of nitrogens with one attached hydrogen (secondary N) is 1. The highest BCUT2D eigenvalue weighted by atomic mass is 35.5. The van der Waals surface area contributed by atoms with Crippen molar-refractivity contribution in [1.82, 2.24) is 19.2 Å². The molecule has 6 rings (SSSR count). The van der Waals surface area contributed by atoms with Gasteiger partial charge in [-0.3, -0.25) is 14.6 Å². The third-order valence-electron chi connectivity index (χ3n) is 7.46. The number of hydrogen-bond donors (Lipinski definition) is 1. The van der Waals surface area contributed by atoms with Gasteiger partial charge in [-0.2, -0.15) is 4.31 Å². The number of piperazine rings is 1. The van der Waals surface area contributed by atoms with Gasteiger partial charge in [-0.15, -0.1) is 0 Å². The van der Waals surface area contributed by atoms with E-state index in [-0.39, 0.29) is 30.7 Å². The molecule has 11 heteroatoms. The third-order valence-corrected chi connectivity index (χ3v) is 9.60. The maximum Gasteiger partial charge on any atom is 0.238 e. The minimum Gasteiger partial charge on any atom is -0.354 e. The number of anilines is 1. The Hall–Kier alpha value is -2.95. The molecule has 188 valence electrons. The van der Waals surface area contributed by atoms with Gasteiger partial charge < -0.3 is 14.8 Å². The van der Waals surface area contributed by atoms with Crippen LogP contribution in [0.15, 0.2) is 42.7 Å². The lowest BCUT2D eigenvalue weighted by Crippen LogP contribution is -2.50. The van der Waals surface area contributed by atoms with Gasteiger partial charge in [-0.05, 0) is 55.2 Å². The SMILES string of the molecule is O=C1CN(S(=O)(=O)CCCn2c(CN3C(=O)C4(CC4)c4ccncc43)cc3cc(Cl)ccc32)CCN1. The lowest BCUT2D eigenvalue weighted by Gasteiger charge is -2.26. The Morgan fingerprint density at radius 1 is 1.14 bits per heavy atom. The summed E-state index contributed by atoms with van der Waals surface area (Å²) in [6.45, 7) is 1.30. The van der Waals surface area contributed by atoms with E-state index in [1.54, 1.807) is 12.4 Å². The molecule has 0 atom stereocenters. The van der Waals surface area contributed by atoms with Crippen molar-refractivity contribution in [3.05, 3.63) is 59.0 Å². The molecule has 1 N–H and O–H groups in total. The number of carbonyl (C=O) groups is 2. The number of carbonyl (C=O) groups excluding carboxylic acids is 2. The Balaban J connectivity index is 1.27. The topological polar surface area (TPSA) is 105 Å². The fourth-order valence-electron chi connectivity index (χ4n) is 5.50. The highest BCUT2D eigenvalue weighted by Gasteiger charge is 2.59. The van der Waals surface area contributed by atoms with E-state index in [2.05, 4.69) is 14.9 Å². The van der Waals surface area contributed by atoms with Gasteiger partial charge in [0.2, 0.25) is 21.8 Å². The first-order chi connectivity index (χ1) is 17.3. The van der Waals surface area contributed by atoms with Crippen LogP contribution in [0.2, 0.25) is 5.02 Å². The van der Waals surface area contributed by atoms with E-state index >= 15 is 0 Å². The van der Waals surface area contributed by atoms with Gasteiger partial charge in [0.25, 0.3) is 0 Å². The van der Waals surface area contributed by atoms with Crippen molar-refractivity contribution in [1.29, 1.82) is 0 Å². The van der Waals surface area contributed by atoms with E-state index in [1.807, 2.05) is 35.2 Å². The van der Waals surface area contributed by atoms with Crippen LogP contribution in [-0.2, 0) is 38.1 Å². The second-order valence-electron chi connectivity index (χ2n) is 9.71. The van der Waals surface area contributed by atoms with Gasteiger partial charge in [0.05, 0.1) is 36.1 Å². The smallest absolute Gasteiger partial charge is 0.238 e. The molecule has 3 aliphatic rings. The zero-order chi connectivity index (χ0) is 25.1. The normalized spacial score (nSPS) is 19.2. The number of fused-ring (bicyclic) bond motifs is 3. The van der Waals surface area contributed by atoms with Crippen LogP contribution in [0.1, 0.15) is 30.5 Å². The number of rotatable bonds is 7. The second-order valence-corrected chi connectivity index (χ2v) is 12.2. The highest BCUT2D eigenvalue weighted by molar-refractivity contribution is 7.89. The molecular formula is C25H26ClN5O4S. The minimum atomic E-state index is -3.56. The van der Waals surface area contributed by atoms with Crippen molar-refractivity contribution in [2.45, 2.75) is 37.8 Å². The molecule has 0 unspecified atom stereocenters. The number of aromatic nitrogens is 2. The Labute approximate surface area is 214 Å². The molecule has 2 amide bonds. The second kappa shape index (κ2) is 8.57. The number of nitrogens with zero attached hydrogens (tertiary/aromatic N) is 4. The summed E-state index contributed by atoms with van der Waals surface area (Å²) in [5, 5.41) is 4.20. The first-order valence-electron chi connectivity index (χ1n) is 12.1. The fourth-order valence-corrected chi connectivity index (χ4v) is 7.11. The van der Waals surface area contributed by atoms with Crippen LogP contribution < -0.4 is 10.2 Å². The lowest BCUT2D eigenvalue weighted by atomic mass is 9.99. The van der Waals surface area contributed by atoms with Crippen LogP contribution in [0, 0.1) is 0 Å². The minimum absolute atomic E-state index is 0.0640. The molecule has 36 heavy (non-hydrogen) atoms. The molecule has 3 aromatic rings. The summed E-state index contributed by atoms with van der Waals surface area (Å²) in [5.74, 6) is -0.240. The number of pyridine rings is 1. The van der Waals surface area contributed by atoms with Crippen molar-refractivity contribution in [3.8, 4) is 0 Å². The summed E-state index contributed by atoms with van der Waals surface area (Å²) < 4.78 is 29.0. The third kappa shape index (κ3) is 3.88. The molecule has 2 fully saturated rings. The number of halogens is 1. The molecule has 1 saturated heterocycles. The Kier molecular flexibility index (Phi) is 5.58. The van der Waals surface area contributed by atoms with Crippen LogP contribution >= 0.6 is 11.6 Å². The van der Waals surface area contributed by atoms with Gasteiger partial charge >= 0.3 is 0 Å². The summed E-state index contributed by atoms with van der Waals surface area (Å²) in [7, 11) is -3.56. The van der Waals surface area contributed by atoms with Gasteiger partial charge in [-0.25, -0.2) is 8.42 Å². The van der Waals surface area contributed by atoms with Crippen LogP contribution in [0.25, 0.3) is 10.9 Å². The zero-order valence-electron chi connectivity index (χ0n) is 19.6. The van der Waals surface area contributed by atoms with Gasteiger partial charge in [-0.1, -0.05) is 11.6 Å². The van der Waals surface area contributed by atoms with E-state index in [1.165, 1.54) is 4.31 Å². The largest absolute Gasteiger partial charge is 0.354 e. The Bertz CT molecular complexity index is 1500. The van der Waals surface area contributed by atoms with Crippen LogP contribution in [0.4, 0.5) is 5.69 Å². The summed E-state index contributed by atoms with van der Waals surface area (Å²) in [5.41, 5.74) is 3.32. The Morgan fingerprint density at radius 2 is 1.97 bits per heavy atom. The molecular weight excluding hydrogens is 502 g/mol. The monoisotopic (exact) mass is 527 g/mol.